The number of aliphatic hydroxyl groups is 2. The summed E-state index contributed by atoms with van der Waals surface area (Å²) in [6.45, 7) is -0.601. The molecule has 4 N–H and O–H groups in total. The van der Waals surface area contributed by atoms with E-state index in [1.165, 1.54) is 44.6 Å². The predicted octanol–water partition coefficient (Wildman–Crippen LogP) is 1.46. The molecule has 0 aliphatic carbocycles. The quantitative estimate of drug-likeness (QED) is 0.277. The highest BCUT2D eigenvalue weighted by Gasteiger charge is 2.25. The molecule has 0 spiro atoms. The molecule has 11 nitrogen and oxygen atoms in total. The van der Waals surface area contributed by atoms with Crippen molar-refractivity contribution in [1.29, 1.82) is 0 Å². The van der Waals surface area contributed by atoms with Gasteiger partial charge in [-0.15, -0.1) is 0 Å². The minimum atomic E-state index is -4.78. The molecule has 0 saturated heterocycles. The highest BCUT2D eigenvalue weighted by molar-refractivity contribution is 7.81. The van der Waals surface area contributed by atoms with Gasteiger partial charge < -0.3 is 33.7 Å². The van der Waals surface area contributed by atoms with Gasteiger partial charge in [0.1, 0.15) is 6.10 Å². The molecule has 2 aromatic rings. The molecule has 0 radical (unpaired) electrons. The number of hydrogen-bond donors (Lipinski definition) is 4. The zero-order valence-electron chi connectivity index (χ0n) is 17.0. The predicted molar refractivity (Wildman–Crippen MR) is 111 cm³/mol. The molecule has 0 aliphatic rings. The highest BCUT2D eigenvalue weighted by Crippen LogP contribution is 2.35. The monoisotopic (exact) mass is 470 g/mol. The number of ether oxygens (including phenoxy) is 3. The Morgan fingerprint density at radius 3 is 2.22 bits per heavy atom. The van der Waals surface area contributed by atoms with Gasteiger partial charge in [0.25, 0.3) is 0 Å². The average molecular weight is 470 g/mol. The Kier molecular flexibility index (Phi) is 8.43. The van der Waals surface area contributed by atoms with Gasteiger partial charge in [-0.2, -0.15) is 8.42 Å². The third kappa shape index (κ3) is 6.85. The zero-order chi connectivity index (χ0) is 23.9. The maximum Gasteiger partial charge on any atom is 0.446 e. The van der Waals surface area contributed by atoms with E-state index in [9.17, 15) is 23.4 Å². The van der Waals surface area contributed by atoms with E-state index in [-0.39, 0.29) is 28.6 Å². The molecule has 0 amide bonds. The van der Waals surface area contributed by atoms with Crippen molar-refractivity contribution in [2.24, 2.45) is 0 Å². The third-order valence-electron chi connectivity index (χ3n) is 4.14. The Morgan fingerprint density at radius 1 is 1.03 bits per heavy atom. The largest absolute Gasteiger partial charge is 0.493 e. The fourth-order valence-electron chi connectivity index (χ4n) is 2.68. The summed E-state index contributed by atoms with van der Waals surface area (Å²) in [5.41, 5.74) is 0.723. The number of hydrogen-bond acceptors (Lipinski definition) is 9. The second-order valence-corrected chi connectivity index (χ2v) is 7.31. The van der Waals surface area contributed by atoms with E-state index in [0.717, 1.165) is 12.1 Å². The molecule has 0 aliphatic heterocycles. The van der Waals surface area contributed by atoms with Gasteiger partial charge in [-0.05, 0) is 41.5 Å². The molecule has 2 atom stereocenters. The molecule has 0 fully saturated rings. The second-order valence-electron chi connectivity index (χ2n) is 6.29. The van der Waals surface area contributed by atoms with Crippen LogP contribution in [0.15, 0.2) is 42.5 Å². The number of rotatable bonds is 11. The lowest BCUT2D eigenvalue weighted by Gasteiger charge is -2.24. The van der Waals surface area contributed by atoms with Crippen LogP contribution in [0.3, 0.4) is 0 Å². The van der Waals surface area contributed by atoms with E-state index >= 15 is 0 Å². The van der Waals surface area contributed by atoms with Gasteiger partial charge in [0.15, 0.2) is 29.1 Å². The number of carboxylic acid groups (broad SMARTS) is 1. The van der Waals surface area contributed by atoms with Crippen molar-refractivity contribution in [2.75, 3.05) is 20.8 Å². The summed E-state index contributed by atoms with van der Waals surface area (Å²) < 4.78 is 51.1. The van der Waals surface area contributed by atoms with E-state index in [1.807, 2.05) is 0 Å². The molecule has 2 unspecified atom stereocenters. The van der Waals surface area contributed by atoms with Gasteiger partial charge in [0.05, 0.1) is 20.8 Å². The Balaban J connectivity index is 2.28. The first-order valence-corrected chi connectivity index (χ1v) is 10.3. The first kappa shape index (κ1) is 24.9. The number of methoxy groups -OCH3 is 2. The summed E-state index contributed by atoms with van der Waals surface area (Å²) in [5, 5.41) is 29.2. The molecule has 0 saturated carbocycles. The Morgan fingerprint density at radius 2 is 1.66 bits per heavy atom. The standard InChI is InChI=1S/C20H22O11S/c1-28-16-9-12(4-8-19(22)23)3-6-14(16)30-18(11-21)20(24)13-5-7-15(17(10-13)29-2)31-32(25,26)27/h3-10,18,20-21,24H,11H2,1-2H3,(H,22,23)(H,25,26,27). The van der Waals surface area contributed by atoms with Crippen LogP contribution in [0.2, 0.25) is 0 Å². The molecule has 32 heavy (non-hydrogen) atoms. The van der Waals surface area contributed by atoms with Crippen LogP contribution >= 0.6 is 0 Å². The van der Waals surface area contributed by atoms with Crippen molar-refractivity contribution in [2.45, 2.75) is 12.2 Å². The smallest absolute Gasteiger partial charge is 0.446 e. The van der Waals surface area contributed by atoms with Crippen molar-refractivity contribution in [3.8, 4) is 23.0 Å². The van der Waals surface area contributed by atoms with Crippen LogP contribution in [0.4, 0.5) is 0 Å². The van der Waals surface area contributed by atoms with E-state index in [2.05, 4.69) is 4.18 Å². The van der Waals surface area contributed by atoms with Gasteiger partial charge in [-0.1, -0.05) is 12.1 Å². The lowest BCUT2D eigenvalue weighted by Crippen LogP contribution is -2.29. The van der Waals surface area contributed by atoms with Crippen molar-refractivity contribution < 1.29 is 51.5 Å². The van der Waals surface area contributed by atoms with Gasteiger partial charge in [0.2, 0.25) is 0 Å². The van der Waals surface area contributed by atoms with Gasteiger partial charge in [-0.25, -0.2) is 4.79 Å². The first-order chi connectivity index (χ1) is 15.1. The molecule has 174 valence electrons. The summed E-state index contributed by atoms with van der Waals surface area (Å²) in [6, 6.07) is 8.27. The van der Waals surface area contributed by atoms with Crippen LogP contribution in [0.25, 0.3) is 6.08 Å². The summed E-state index contributed by atoms with van der Waals surface area (Å²) in [6.07, 6.45) is -0.235. The van der Waals surface area contributed by atoms with Crippen molar-refractivity contribution >= 4 is 22.4 Å². The second kappa shape index (κ2) is 10.8. The van der Waals surface area contributed by atoms with E-state index in [4.69, 9.17) is 23.9 Å². The van der Waals surface area contributed by atoms with Gasteiger partial charge in [-0.3, -0.25) is 4.55 Å². The first-order valence-electron chi connectivity index (χ1n) is 8.97. The minimum Gasteiger partial charge on any atom is -0.493 e. The minimum absolute atomic E-state index is 0.0944. The summed E-state index contributed by atoms with van der Waals surface area (Å²) >= 11 is 0. The maximum atomic E-state index is 10.9. The Bertz CT molecular complexity index is 1080. The number of aliphatic carboxylic acids is 1. The Hall–Kier alpha value is -3.32. The molecule has 2 aromatic carbocycles. The number of benzene rings is 2. The molecule has 2 rings (SSSR count). The number of carboxylic acids is 1. The lowest BCUT2D eigenvalue weighted by molar-refractivity contribution is -0.131. The van der Waals surface area contributed by atoms with Gasteiger partial charge in [0, 0.05) is 6.08 Å². The molecular weight excluding hydrogens is 448 g/mol. The molecule has 0 aromatic heterocycles. The number of carbonyl (C=O) groups is 1. The van der Waals surface area contributed by atoms with Crippen molar-refractivity contribution in [3.05, 3.63) is 53.6 Å². The van der Waals surface area contributed by atoms with E-state index in [0.29, 0.717) is 5.56 Å². The lowest BCUT2D eigenvalue weighted by atomic mass is 10.0. The van der Waals surface area contributed by atoms with Crippen LogP contribution in [0.5, 0.6) is 23.0 Å². The van der Waals surface area contributed by atoms with Gasteiger partial charge >= 0.3 is 16.4 Å². The molecular formula is C20H22O11S. The van der Waals surface area contributed by atoms with Crippen LogP contribution in [-0.4, -0.2) is 61.2 Å². The average Bonchev–Trinajstić information content (AvgIpc) is 2.75. The topological polar surface area (TPSA) is 169 Å². The molecule has 0 heterocycles. The molecule has 12 heteroatoms. The van der Waals surface area contributed by atoms with Crippen molar-refractivity contribution in [3.63, 3.8) is 0 Å². The Labute approximate surface area is 184 Å². The fraction of sp³-hybridized carbons (Fsp3) is 0.250. The third-order valence-corrected chi connectivity index (χ3v) is 4.53. The normalized spacial score (nSPS) is 13.4. The van der Waals surface area contributed by atoms with Crippen LogP contribution in [0, 0.1) is 0 Å². The highest BCUT2D eigenvalue weighted by atomic mass is 32.3. The number of aliphatic hydroxyl groups excluding tert-OH is 2. The maximum absolute atomic E-state index is 10.9. The van der Waals surface area contributed by atoms with Crippen molar-refractivity contribution in [1.82, 2.24) is 0 Å². The fourth-order valence-corrected chi connectivity index (χ4v) is 3.05. The van der Waals surface area contributed by atoms with E-state index < -0.39 is 35.2 Å². The molecule has 0 bridgehead atoms. The SMILES string of the molecule is COc1cc(C=CC(=O)O)ccc1OC(CO)C(O)c1ccc(OS(=O)(=O)O)c(OC)c1. The van der Waals surface area contributed by atoms with Crippen LogP contribution < -0.4 is 18.4 Å². The summed E-state index contributed by atoms with van der Waals surface area (Å²) in [7, 11) is -2.18. The van der Waals surface area contributed by atoms with Crippen LogP contribution in [-0.2, 0) is 15.2 Å². The summed E-state index contributed by atoms with van der Waals surface area (Å²) in [5.74, 6) is -1.10. The van der Waals surface area contributed by atoms with E-state index in [1.54, 1.807) is 6.07 Å². The summed E-state index contributed by atoms with van der Waals surface area (Å²) in [4.78, 5) is 10.7. The van der Waals surface area contributed by atoms with Crippen LogP contribution in [0.1, 0.15) is 17.2 Å². The zero-order valence-corrected chi connectivity index (χ0v) is 17.9.